The van der Waals surface area contributed by atoms with Gasteiger partial charge in [-0.3, -0.25) is 14.4 Å². The molecule has 2 N–H and O–H groups in total. The molecule has 0 heterocycles. The van der Waals surface area contributed by atoms with Crippen molar-refractivity contribution in [3.05, 3.63) is 54.1 Å². The van der Waals surface area contributed by atoms with Crippen LogP contribution in [0.1, 0.15) is 30.6 Å². The Morgan fingerprint density at radius 3 is 2.41 bits per heavy atom. The normalized spacial score (nSPS) is 17.7. The van der Waals surface area contributed by atoms with Gasteiger partial charge in [0.15, 0.2) is 5.78 Å². The van der Waals surface area contributed by atoms with Crippen molar-refractivity contribution in [3.8, 4) is 5.75 Å². The second-order valence-electron chi connectivity index (χ2n) is 6.49. The molecule has 0 spiro atoms. The molecule has 140 valence electrons. The van der Waals surface area contributed by atoms with Crippen LogP contribution in [0.4, 0.5) is 11.4 Å². The molecule has 1 aliphatic rings. The smallest absolute Gasteiger partial charge is 0.228 e. The highest BCUT2D eigenvalue weighted by Crippen LogP contribution is 2.40. The van der Waals surface area contributed by atoms with Crippen LogP contribution >= 0.6 is 0 Å². The monoisotopic (exact) mass is 366 g/mol. The molecule has 0 aliphatic heterocycles. The van der Waals surface area contributed by atoms with Crippen LogP contribution in [0.2, 0.25) is 0 Å². The number of hydrogen-bond acceptors (Lipinski definition) is 4. The van der Waals surface area contributed by atoms with E-state index in [4.69, 9.17) is 4.74 Å². The quantitative estimate of drug-likeness (QED) is 0.735. The summed E-state index contributed by atoms with van der Waals surface area (Å²) in [4.78, 5) is 36.3. The molecule has 27 heavy (non-hydrogen) atoms. The van der Waals surface area contributed by atoms with Crippen molar-refractivity contribution in [2.45, 2.75) is 20.3 Å². The molecule has 2 atom stereocenters. The van der Waals surface area contributed by atoms with Gasteiger partial charge in [0.25, 0.3) is 0 Å². The van der Waals surface area contributed by atoms with Crippen LogP contribution in [0.3, 0.4) is 0 Å². The number of amides is 2. The lowest BCUT2D eigenvalue weighted by Crippen LogP contribution is -2.21. The highest BCUT2D eigenvalue weighted by Gasteiger charge is 2.48. The number of para-hydroxylation sites is 2. The molecular formula is C21H22N2O4. The van der Waals surface area contributed by atoms with Crippen molar-refractivity contribution < 1.29 is 19.1 Å². The number of anilines is 2. The second-order valence-corrected chi connectivity index (χ2v) is 6.49. The summed E-state index contributed by atoms with van der Waals surface area (Å²) in [5.41, 5.74) is 1.69. The van der Waals surface area contributed by atoms with Crippen molar-refractivity contribution in [1.82, 2.24) is 0 Å². The van der Waals surface area contributed by atoms with Crippen LogP contribution in [0.15, 0.2) is 48.5 Å². The first-order valence-electron chi connectivity index (χ1n) is 8.94. The third-order valence-electron chi connectivity index (χ3n) is 4.45. The minimum absolute atomic E-state index is 0.0669. The topological polar surface area (TPSA) is 84.5 Å². The SMILES string of the molecule is CCOc1ccccc1NC(=O)C1CC1C(=O)Nc1cccc(C(C)=O)c1. The molecule has 0 bridgehead atoms. The molecule has 2 amide bonds. The summed E-state index contributed by atoms with van der Waals surface area (Å²) < 4.78 is 5.50. The van der Waals surface area contributed by atoms with Gasteiger partial charge >= 0.3 is 0 Å². The second kappa shape index (κ2) is 8.03. The molecular weight excluding hydrogens is 344 g/mol. The summed E-state index contributed by atoms with van der Waals surface area (Å²) >= 11 is 0. The molecule has 2 aromatic carbocycles. The minimum atomic E-state index is -0.370. The van der Waals surface area contributed by atoms with Crippen molar-refractivity contribution in [2.75, 3.05) is 17.2 Å². The Labute approximate surface area is 157 Å². The van der Waals surface area contributed by atoms with Crippen LogP contribution in [0.5, 0.6) is 5.75 Å². The largest absolute Gasteiger partial charge is 0.492 e. The van der Waals surface area contributed by atoms with Gasteiger partial charge in [0, 0.05) is 11.3 Å². The zero-order chi connectivity index (χ0) is 19.4. The van der Waals surface area contributed by atoms with Crippen molar-refractivity contribution in [3.63, 3.8) is 0 Å². The fourth-order valence-corrected chi connectivity index (χ4v) is 2.90. The van der Waals surface area contributed by atoms with Crippen LogP contribution in [0.25, 0.3) is 0 Å². The van der Waals surface area contributed by atoms with Gasteiger partial charge in [0.05, 0.1) is 24.1 Å². The summed E-state index contributed by atoms with van der Waals surface area (Å²) in [6, 6.07) is 14.0. The standard InChI is InChI=1S/C21H22N2O4/c1-3-27-19-10-5-4-9-18(19)23-21(26)17-12-16(17)20(25)22-15-8-6-7-14(11-15)13(2)24/h4-11,16-17H,3,12H2,1-2H3,(H,22,25)(H,23,26). The van der Waals surface area contributed by atoms with E-state index in [1.165, 1.54) is 6.92 Å². The van der Waals surface area contributed by atoms with E-state index >= 15 is 0 Å². The Hall–Kier alpha value is -3.15. The van der Waals surface area contributed by atoms with E-state index in [0.29, 0.717) is 35.7 Å². The number of carbonyl (C=O) groups excluding carboxylic acids is 3. The third-order valence-corrected chi connectivity index (χ3v) is 4.45. The van der Waals surface area contributed by atoms with Crippen molar-refractivity contribution in [2.24, 2.45) is 11.8 Å². The molecule has 6 nitrogen and oxygen atoms in total. The zero-order valence-corrected chi connectivity index (χ0v) is 15.3. The molecule has 1 fully saturated rings. The highest BCUT2D eigenvalue weighted by molar-refractivity contribution is 6.04. The van der Waals surface area contributed by atoms with Crippen LogP contribution in [0, 0.1) is 11.8 Å². The average molecular weight is 366 g/mol. The molecule has 0 radical (unpaired) electrons. The van der Waals surface area contributed by atoms with Gasteiger partial charge in [-0.05, 0) is 44.5 Å². The minimum Gasteiger partial charge on any atom is -0.492 e. The van der Waals surface area contributed by atoms with Crippen molar-refractivity contribution in [1.29, 1.82) is 0 Å². The number of carbonyl (C=O) groups is 3. The summed E-state index contributed by atoms with van der Waals surface area (Å²) in [6.45, 7) is 3.85. The fraction of sp³-hybridized carbons (Fsp3) is 0.286. The van der Waals surface area contributed by atoms with Gasteiger partial charge in [0.1, 0.15) is 5.75 Å². The number of ketones is 1. The van der Waals surface area contributed by atoms with Gasteiger partial charge < -0.3 is 15.4 Å². The van der Waals surface area contributed by atoms with Crippen molar-refractivity contribution >= 4 is 29.0 Å². The maximum atomic E-state index is 12.5. The predicted octanol–water partition coefficient (Wildman–Crippen LogP) is 3.50. The lowest BCUT2D eigenvalue weighted by Gasteiger charge is -2.11. The Bertz CT molecular complexity index is 878. The summed E-state index contributed by atoms with van der Waals surface area (Å²) in [5, 5.41) is 5.63. The van der Waals surface area contributed by atoms with Gasteiger partial charge in [0.2, 0.25) is 11.8 Å². The van der Waals surface area contributed by atoms with Gasteiger partial charge in [-0.15, -0.1) is 0 Å². The predicted molar refractivity (Wildman–Crippen MR) is 103 cm³/mol. The van der Waals surface area contributed by atoms with Crippen LogP contribution in [-0.4, -0.2) is 24.2 Å². The summed E-state index contributed by atoms with van der Waals surface area (Å²) in [6.07, 6.45) is 0.501. The molecule has 2 unspecified atom stereocenters. The summed E-state index contributed by atoms with van der Waals surface area (Å²) in [5.74, 6) is -0.603. The lowest BCUT2D eigenvalue weighted by molar-refractivity contribution is -0.122. The first-order chi connectivity index (χ1) is 13.0. The number of Topliss-reactive ketones (excluding diaryl/α,β-unsaturated/α-hetero) is 1. The Morgan fingerprint density at radius 2 is 1.70 bits per heavy atom. The number of benzene rings is 2. The Balaban J connectivity index is 1.59. The number of nitrogens with one attached hydrogen (secondary N) is 2. The Morgan fingerprint density at radius 1 is 1.00 bits per heavy atom. The zero-order valence-electron chi connectivity index (χ0n) is 15.3. The maximum Gasteiger partial charge on any atom is 0.228 e. The molecule has 3 rings (SSSR count). The number of hydrogen-bond donors (Lipinski definition) is 2. The molecule has 1 saturated carbocycles. The van der Waals surface area contributed by atoms with Gasteiger partial charge in [-0.25, -0.2) is 0 Å². The van der Waals surface area contributed by atoms with E-state index in [-0.39, 0.29) is 29.4 Å². The van der Waals surface area contributed by atoms with Gasteiger partial charge in [-0.1, -0.05) is 24.3 Å². The third kappa shape index (κ3) is 4.53. The molecule has 6 heteroatoms. The van der Waals surface area contributed by atoms with Crippen LogP contribution in [-0.2, 0) is 9.59 Å². The van der Waals surface area contributed by atoms with E-state index in [2.05, 4.69) is 10.6 Å². The average Bonchev–Trinajstić information content (AvgIpc) is 3.45. The molecule has 1 aliphatic carbocycles. The number of ether oxygens (including phenoxy) is 1. The first kappa shape index (κ1) is 18.6. The van der Waals surface area contributed by atoms with E-state index in [1.54, 1.807) is 36.4 Å². The molecule has 0 aromatic heterocycles. The first-order valence-corrected chi connectivity index (χ1v) is 8.94. The van der Waals surface area contributed by atoms with E-state index in [0.717, 1.165) is 0 Å². The summed E-state index contributed by atoms with van der Waals surface area (Å²) in [7, 11) is 0. The lowest BCUT2D eigenvalue weighted by atomic mass is 10.1. The number of rotatable bonds is 7. The maximum absolute atomic E-state index is 12.5. The van der Waals surface area contributed by atoms with E-state index in [9.17, 15) is 14.4 Å². The molecule has 0 saturated heterocycles. The highest BCUT2D eigenvalue weighted by atomic mass is 16.5. The van der Waals surface area contributed by atoms with Gasteiger partial charge in [-0.2, -0.15) is 0 Å². The van der Waals surface area contributed by atoms with Crippen LogP contribution < -0.4 is 15.4 Å². The fourth-order valence-electron chi connectivity index (χ4n) is 2.90. The Kier molecular flexibility index (Phi) is 5.54. The molecule has 2 aromatic rings. The van der Waals surface area contributed by atoms with E-state index < -0.39 is 0 Å². The van der Waals surface area contributed by atoms with E-state index in [1.807, 2.05) is 19.1 Å².